The van der Waals surface area contributed by atoms with Gasteiger partial charge in [-0.25, -0.2) is 0 Å². The summed E-state index contributed by atoms with van der Waals surface area (Å²) in [6.07, 6.45) is 0.835. The Morgan fingerprint density at radius 1 is 1.00 bits per heavy atom. The molecule has 1 fully saturated rings. The molecule has 4 rings (SSSR count). The van der Waals surface area contributed by atoms with Crippen molar-refractivity contribution in [1.82, 2.24) is 0 Å². The second-order valence-electron chi connectivity index (χ2n) is 9.01. The molecule has 1 aliphatic carbocycles. The number of ketones is 2. The maximum Gasteiger partial charge on any atom is 0.269 e. The van der Waals surface area contributed by atoms with Crippen LogP contribution in [0.1, 0.15) is 43.9 Å². The highest BCUT2D eigenvalue weighted by atomic mass is 16.6. The van der Waals surface area contributed by atoms with Crippen LogP contribution in [0.2, 0.25) is 0 Å². The molecule has 1 spiro atoms. The molecule has 1 atom stereocenters. The zero-order chi connectivity index (χ0) is 21.0. The van der Waals surface area contributed by atoms with E-state index in [9.17, 15) is 19.7 Å². The van der Waals surface area contributed by atoms with Crippen LogP contribution in [0.25, 0.3) is 0 Å². The number of hydrogen-bond acceptors (Lipinski definition) is 5. The van der Waals surface area contributed by atoms with Gasteiger partial charge in [-0.3, -0.25) is 19.7 Å². The molecule has 0 N–H and O–H groups in total. The normalized spacial score (nSPS) is 22.4. The molecule has 1 saturated carbocycles. The van der Waals surface area contributed by atoms with Gasteiger partial charge in [0.1, 0.15) is 17.0 Å². The number of hydrogen-bond donors (Lipinski definition) is 0. The van der Waals surface area contributed by atoms with E-state index in [1.165, 1.54) is 12.1 Å². The van der Waals surface area contributed by atoms with E-state index in [4.69, 9.17) is 0 Å². The highest BCUT2D eigenvalue weighted by Crippen LogP contribution is 2.55. The van der Waals surface area contributed by atoms with Crippen molar-refractivity contribution in [2.75, 3.05) is 11.9 Å². The third kappa shape index (κ3) is 2.94. The van der Waals surface area contributed by atoms with E-state index in [0.717, 1.165) is 11.3 Å². The number of anilines is 1. The summed E-state index contributed by atoms with van der Waals surface area (Å²) in [6, 6.07) is 13.9. The van der Waals surface area contributed by atoms with Gasteiger partial charge < -0.3 is 4.90 Å². The van der Waals surface area contributed by atoms with Gasteiger partial charge in [-0.15, -0.1) is 0 Å². The minimum Gasteiger partial charge on any atom is -0.366 e. The van der Waals surface area contributed by atoms with Crippen molar-refractivity contribution in [1.29, 1.82) is 0 Å². The average molecular weight is 392 g/mol. The fourth-order valence-electron chi connectivity index (χ4n) is 5.09. The van der Waals surface area contributed by atoms with Crippen LogP contribution >= 0.6 is 0 Å². The Kier molecular flexibility index (Phi) is 4.33. The zero-order valence-electron chi connectivity index (χ0n) is 16.8. The summed E-state index contributed by atoms with van der Waals surface area (Å²) < 4.78 is 0. The standard InChI is InChI=1S/C23H24N2O4/c1-22(2)13-19(26)23(20(27)14-22)12-16-11-17(25(28)29)9-10-18(16)24(3)21(23)15-7-5-4-6-8-15/h4-11,21H,12-14H2,1-3H3. The molecule has 0 saturated heterocycles. The van der Waals surface area contributed by atoms with Gasteiger partial charge in [-0.1, -0.05) is 44.2 Å². The van der Waals surface area contributed by atoms with Crippen molar-refractivity contribution in [3.05, 3.63) is 69.8 Å². The highest BCUT2D eigenvalue weighted by Gasteiger charge is 2.59. The molecule has 1 unspecified atom stereocenters. The summed E-state index contributed by atoms with van der Waals surface area (Å²) >= 11 is 0. The molecule has 150 valence electrons. The maximum atomic E-state index is 13.6. The number of Topliss-reactive ketones (excluding diaryl/α,β-unsaturated/α-hetero) is 2. The van der Waals surface area contributed by atoms with Crippen LogP contribution in [-0.2, 0) is 16.0 Å². The number of carbonyl (C=O) groups excluding carboxylic acids is 2. The molecule has 0 amide bonds. The van der Waals surface area contributed by atoms with E-state index < -0.39 is 16.4 Å². The predicted octanol–water partition coefficient (Wildman–Crippen LogP) is 4.27. The third-order valence-electron chi connectivity index (χ3n) is 6.37. The van der Waals surface area contributed by atoms with Crippen molar-refractivity contribution in [3.63, 3.8) is 0 Å². The Hall–Kier alpha value is -3.02. The van der Waals surface area contributed by atoms with Crippen LogP contribution in [0.15, 0.2) is 48.5 Å². The quantitative estimate of drug-likeness (QED) is 0.433. The van der Waals surface area contributed by atoms with E-state index in [2.05, 4.69) is 0 Å². The molecule has 1 heterocycles. The summed E-state index contributed by atoms with van der Waals surface area (Å²) in [5, 5.41) is 11.3. The number of nitro groups is 1. The van der Waals surface area contributed by atoms with Crippen LogP contribution < -0.4 is 4.90 Å². The Labute approximate surface area is 169 Å². The van der Waals surface area contributed by atoms with Crippen LogP contribution in [-0.4, -0.2) is 23.5 Å². The number of rotatable bonds is 2. The van der Waals surface area contributed by atoms with Gasteiger partial charge in [-0.05, 0) is 29.0 Å². The molecule has 6 nitrogen and oxygen atoms in total. The molecular weight excluding hydrogens is 368 g/mol. The Morgan fingerprint density at radius 2 is 1.62 bits per heavy atom. The van der Waals surface area contributed by atoms with Gasteiger partial charge in [0.15, 0.2) is 0 Å². The summed E-state index contributed by atoms with van der Waals surface area (Å²) in [6.45, 7) is 3.89. The molecule has 0 aromatic heterocycles. The molecule has 2 aliphatic rings. The SMILES string of the molecule is CN1c2ccc([N+](=O)[O-])cc2CC2(C(=O)CC(C)(C)CC2=O)C1c1ccccc1. The zero-order valence-corrected chi connectivity index (χ0v) is 16.8. The fourth-order valence-corrected chi connectivity index (χ4v) is 5.09. The van der Waals surface area contributed by atoms with Crippen LogP contribution in [0, 0.1) is 20.9 Å². The van der Waals surface area contributed by atoms with E-state index in [-0.39, 0.29) is 29.1 Å². The first-order valence-electron chi connectivity index (χ1n) is 9.77. The Balaban J connectivity index is 1.94. The summed E-state index contributed by atoms with van der Waals surface area (Å²) in [4.78, 5) is 40.0. The van der Waals surface area contributed by atoms with Crippen molar-refractivity contribution >= 4 is 22.9 Å². The van der Waals surface area contributed by atoms with Gasteiger partial charge in [0, 0.05) is 37.7 Å². The van der Waals surface area contributed by atoms with Gasteiger partial charge in [0.05, 0.1) is 11.0 Å². The lowest BCUT2D eigenvalue weighted by atomic mass is 9.56. The number of carbonyl (C=O) groups is 2. The topological polar surface area (TPSA) is 80.5 Å². The molecule has 2 aromatic carbocycles. The minimum atomic E-state index is -1.23. The lowest BCUT2D eigenvalue weighted by Gasteiger charge is -2.52. The number of nitro benzene ring substituents is 1. The summed E-state index contributed by atoms with van der Waals surface area (Å²) in [7, 11) is 1.86. The van der Waals surface area contributed by atoms with Crippen LogP contribution in [0.4, 0.5) is 11.4 Å². The van der Waals surface area contributed by atoms with Crippen LogP contribution in [0.3, 0.4) is 0 Å². The molecule has 0 radical (unpaired) electrons. The lowest BCUT2D eigenvalue weighted by Crippen LogP contribution is -2.58. The third-order valence-corrected chi connectivity index (χ3v) is 6.37. The lowest BCUT2D eigenvalue weighted by molar-refractivity contribution is -0.384. The van der Waals surface area contributed by atoms with Gasteiger partial charge in [0.25, 0.3) is 5.69 Å². The number of fused-ring (bicyclic) bond motifs is 1. The van der Waals surface area contributed by atoms with E-state index in [0.29, 0.717) is 18.4 Å². The van der Waals surface area contributed by atoms with Crippen molar-refractivity contribution in [2.24, 2.45) is 10.8 Å². The van der Waals surface area contributed by atoms with Gasteiger partial charge >= 0.3 is 0 Å². The molecular formula is C23H24N2O4. The summed E-state index contributed by atoms with van der Waals surface area (Å²) in [5.41, 5.74) is 0.772. The van der Waals surface area contributed by atoms with E-state index in [1.54, 1.807) is 6.07 Å². The number of benzene rings is 2. The van der Waals surface area contributed by atoms with E-state index in [1.807, 2.05) is 56.1 Å². The Morgan fingerprint density at radius 3 is 2.21 bits per heavy atom. The first-order chi connectivity index (χ1) is 13.7. The molecule has 29 heavy (non-hydrogen) atoms. The summed E-state index contributed by atoms with van der Waals surface area (Å²) in [5.74, 6) is -0.145. The predicted molar refractivity (Wildman–Crippen MR) is 110 cm³/mol. The maximum absolute atomic E-state index is 13.6. The Bertz CT molecular complexity index is 993. The van der Waals surface area contributed by atoms with E-state index >= 15 is 0 Å². The largest absolute Gasteiger partial charge is 0.366 e. The first-order valence-corrected chi connectivity index (χ1v) is 9.77. The minimum absolute atomic E-state index is 0.0264. The van der Waals surface area contributed by atoms with Gasteiger partial charge in [0.2, 0.25) is 0 Å². The molecule has 2 aromatic rings. The molecule has 1 aliphatic heterocycles. The van der Waals surface area contributed by atoms with Crippen molar-refractivity contribution in [2.45, 2.75) is 39.2 Å². The van der Waals surface area contributed by atoms with Crippen LogP contribution in [0.5, 0.6) is 0 Å². The highest BCUT2D eigenvalue weighted by molar-refractivity contribution is 6.11. The second-order valence-corrected chi connectivity index (χ2v) is 9.01. The average Bonchev–Trinajstić information content (AvgIpc) is 2.66. The first kappa shape index (κ1) is 19.3. The monoisotopic (exact) mass is 392 g/mol. The number of nitrogens with zero attached hydrogens (tertiary/aromatic N) is 2. The van der Waals surface area contributed by atoms with Crippen molar-refractivity contribution < 1.29 is 14.5 Å². The second kappa shape index (κ2) is 6.51. The molecule has 0 bridgehead atoms. The number of non-ortho nitro benzene ring substituents is 1. The molecule has 6 heteroatoms. The smallest absolute Gasteiger partial charge is 0.269 e. The fraction of sp³-hybridized carbons (Fsp3) is 0.391. The van der Waals surface area contributed by atoms with Crippen molar-refractivity contribution in [3.8, 4) is 0 Å². The van der Waals surface area contributed by atoms with Gasteiger partial charge in [-0.2, -0.15) is 0 Å².